The van der Waals surface area contributed by atoms with E-state index in [1.54, 1.807) is 6.20 Å². The van der Waals surface area contributed by atoms with Gasteiger partial charge in [0.1, 0.15) is 18.5 Å². The molecule has 1 aromatic rings. The third kappa shape index (κ3) is 1.67. The van der Waals surface area contributed by atoms with Crippen LogP contribution in [-0.4, -0.2) is 23.5 Å². The normalized spacial score (nSPS) is 20.6. The summed E-state index contributed by atoms with van der Waals surface area (Å²) in [6.45, 7) is 2.26. The van der Waals surface area contributed by atoms with Crippen LogP contribution in [0.25, 0.3) is 0 Å². The van der Waals surface area contributed by atoms with Gasteiger partial charge in [-0.1, -0.05) is 6.07 Å². The summed E-state index contributed by atoms with van der Waals surface area (Å²) in [4.78, 5) is 20.1. The third-order valence-electron chi connectivity index (χ3n) is 2.06. The molecule has 2 rings (SSSR count). The maximum Gasteiger partial charge on any atom is 0.268 e. The van der Waals surface area contributed by atoms with Crippen LogP contribution in [0.15, 0.2) is 18.3 Å². The summed E-state index contributed by atoms with van der Waals surface area (Å²) in [5.74, 6) is 0.563. The molecule has 14 heavy (non-hydrogen) atoms. The van der Waals surface area contributed by atoms with E-state index < -0.39 is 0 Å². The number of hydrogen-bond acceptors (Lipinski definition) is 4. The number of hydroxylamine groups is 1. The predicted molar refractivity (Wildman–Crippen MR) is 50.5 cm³/mol. The number of aryl methyl sites for hydroxylation is 1. The van der Waals surface area contributed by atoms with Crippen LogP contribution in [0.4, 0.5) is 5.82 Å². The Morgan fingerprint density at radius 3 is 3.21 bits per heavy atom. The summed E-state index contributed by atoms with van der Waals surface area (Å²) < 4.78 is 0. The minimum absolute atomic E-state index is 0.157. The summed E-state index contributed by atoms with van der Waals surface area (Å²) >= 11 is 0. The van der Waals surface area contributed by atoms with Crippen molar-refractivity contribution in [3.05, 3.63) is 23.9 Å². The molecule has 1 aromatic heterocycles. The smallest absolute Gasteiger partial charge is 0.268 e. The van der Waals surface area contributed by atoms with E-state index in [2.05, 4.69) is 15.8 Å². The molecule has 1 amide bonds. The van der Waals surface area contributed by atoms with Crippen LogP contribution in [0.1, 0.15) is 5.56 Å². The van der Waals surface area contributed by atoms with Gasteiger partial charge in [0.15, 0.2) is 0 Å². The average Bonchev–Trinajstić information content (AvgIpc) is 2.56. The van der Waals surface area contributed by atoms with Gasteiger partial charge in [0.25, 0.3) is 5.91 Å². The molecule has 1 aliphatic heterocycles. The fraction of sp³-hybridized carbons (Fsp3) is 0.333. The Morgan fingerprint density at radius 1 is 1.71 bits per heavy atom. The van der Waals surface area contributed by atoms with Gasteiger partial charge in [-0.2, -0.15) is 0 Å². The number of nitrogens with one attached hydrogen (secondary N) is 2. The van der Waals surface area contributed by atoms with Crippen LogP contribution in [0.3, 0.4) is 0 Å². The predicted octanol–water partition coefficient (Wildman–Crippen LogP) is 0.232. The fourth-order valence-electron chi connectivity index (χ4n) is 1.25. The number of aromatic nitrogens is 1. The van der Waals surface area contributed by atoms with E-state index in [-0.39, 0.29) is 11.9 Å². The summed E-state index contributed by atoms with van der Waals surface area (Å²) in [5.41, 5.74) is 3.29. The summed E-state index contributed by atoms with van der Waals surface area (Å²) in [5, 5.41) is 3.01. The van der Waals surface area contributed by atoms with Gasteiger partial charge in [-0.05, 0) is 18.6 Å². The van der Waals surface area contributed by atoms with E-state index in [0.717, 1.165) is 11.4 Å². The van der Waals surface area contributed by atoms with Crippen molar-refractivity contribution in [2.75, 3.05) is 11.9 Å². The molecule has 0 radical (unpaired) electrons. The molecular formula is C9H11N3O2. The van der Waals surface area contributed by atoms with E-state index >= 15 is 0 Å². The van der Waals surface area contributed by atoms with Crippen LogP contribution in [0, 0.1) is 6.92 Å². The van der Waals surface area contributed by atoms with Crippen molar-refractivity contribution in [1.82, 2.24) is 10.5 Å². The minimum Gasteiger partial charge on any atom is -0.356 e. The zero-order valence-corrected chi connectivity index (χ0v) is 7.78. The zero-order valence-electron chi connectivity index (χ0n) is 7.78. The zero-order chi connectivity index (χ0) is 9.97. The average molecular weight is 193 g/mol. The number of anilines is 1. The molecule has 0 aromatic carbocycles. The maximum absolute atomic E-state index is 11.2. The van der Waals surface area contributed by atoms with Gasteiger partial charge in [0.05, 0.1) is 0 Å². The fourth-order valence-corrected chi connectivity index (χ4v) is 1.25. The largest absolute Gasteiger partial charge is 0.356 e. The van der Waals surface area contributed by atoms with Crippen molar-refractivity contribution in [2.45, 2.75) is 13.0 Å². The second kappa shape index (κ2) is 3.63. The summed E-state index contributed by atoms with van der Waals surface area (Å²) in [6.07, 6.45) is 1.68. The van der Waals surface area contributed by atoms with Gasteiger partial charge in [0, 0.05) is 6.20 Å². The first-order valence-electron chi connectivity index (χ1n) is 4.37. The van der Waals surface area contributed by atoms with Crippen LogP contribution < -0.4 is 10.8 Å². The first-order chi connectivity index (χ1) is 6.77. The van der Waals surface area contributed by atoms with Gasteiger partial charge >= 0.3 is 0 Å². The first-order valence-corrected chi connectivity index (χ1v) is 4.37. The number of pyridine rings is 1. The first kappa shape index (κ1) is 8.96. The number of carbonyl (C=O) groups is 1. The quantitative estimate of drug-likeness (QED) is 0.705. The molecule has 1 aliphatic rings. The Kier molecular flexibility index (Phi) is 2.32. The topological polar surface area (TPSA) is 63.3 Å². The number of amides is 1. The third-order valence-corrected chi connectivity index (χ3v) is 2.06. The van der Waals surface area contributed by atoms with Gasteiger partial charge in [-0.3, -0.25) is 9.63 Å². The molecule has 0 bridgehead atoms. The van der Waals surface area contributed by atoms with Crippen molar-refractivity contribution >= 4 is 11.7 Å². The van der Waals surface area contributed by atoms with Gasteiger partial charge < -0.3 is 5.32 Å². The minimum atomic E-state index is -0.344. The Bertz CT molecular complexity index is 354. The number of rotatable bonds is 2. The van der Waals surface area contributed by atoms with Gasteiger partial charge in [-0.15, -0.1) is 0 Å². The Balaban J connectivity index is 2.10. The van der Waals surface area contributed by atoms with Crippen LogP contribution in [-0.2, 0) is 9.63 Å². The van der Waals surface area contributed by atoms with Crippen LogP contribution in [0.2, 0.25) is 0 Å². The molecule has 1 unspecified atom stereocenters. The highest BCUT2D eigenvalue weighted by Gasteiger charge is 2.25. The lowest BCUT2D eigenvalue weighted by Crippen LogP contribution is -2.31. The highest BCUT2D eigenvalue weighted by atomic mass is 16.7. The molecule has 1 atom stereocenters. The van der Waals surface area contributed by atoms with Gasteiger partial charge in [0.2, 0.25) is 0 Å². The maximum atomic E-state index is 11.2. The van der Waals surface area contributed by atoms with Gasteiger partial charge in [-0.25, -0.2) is 10.5 Å². The highest BCUT2D eigenvalue weighted by Crippen LogP contribution is 2.11. The van der Waals surface area contributed by atoms with E-state index in [1.807, 2.05) is 19.1 Å². The number of nitrogens with zero attached hydrogens (tertiary/aromatic N) is 1. The summed E-state index contributed by atoms with van der Waals surface area (Å²) in [7, 11) is 0. The molecule has 2 N–H and O–H groups in total. The molecule has 0 saturated carbocycles. The van der Waals surface area contributed by atoms with E-state index in [0.29, 0.717) is 6.61 Å². The van der Waals surface area contributed by atoms with Crippen molar-refractivity contribution in [1.29, 1.82) is 0 Å². The molecule has 74 valence electrons. The molecule has 5 nitrogen and oxygen atoms in total. The Hall–Kier alpha value is -1.62. The lowest BCUT2D eigenvalue weighted by molar-refractivity contribution is -0.124. The second-order valence-corrected chi connectivity index (χ2v) is 3.14. The van der Waals surface area contributed by atoms with Crippen molar-refractivity contribution in [3.63, 3.8) is 0 Å². The van der Waals surface area contributed by atoms with Crippen molar-refractivity contribution < 1.29 is 9.63 Å². The van der Waals surface area contributed by atoms with E-state index in [1.165, 1.54) is 0 Å². The van der Waals surface area contributed by atoms with Crippen molar-refractivity contribution in [3.8, 4) is 0 Å². The SMILES string of the molecule is Cc1cccnc1NC1CONC1=O. The monoisotopic (exact) mass is 193 g/mol. The number of carbonyl (C=O) groups excluding carboxylic acids is 1. The lowest BCUT2D eigenvalue weighted by Gasteiger charge is -2.10. The Morgan fingerprint density at radius 2 is 2.57 bits per heavy atom. The second-order valence-electron chi connectivity index (χ2n) is 3.14. The highest BCUT2D eigenvalue weighted by molar-refractivity contribution is 5.85. The molecule has 1 fully saturated rings. The molecule has 1 saturated heterocycles. The van der Waals surface area contributed by atoms with E-state index in [4.69, 9.17) is 4.84 Å². The summed E-state index contributed by atoms with van der Waals surface area (Å²) in [6, 6.07) is 3.44. The molecule has 0 aliphatic carbocycles. The molecule has 5 heteroatoms. The standard InChI is InChI=1S/C9H11N3O2/c1-6-3-2-4-10-8(6)11-7-5-14-12-9(7)13/h2-4,7H,5H2,1H3,(H,10,11)(H,12,13). The van der Waals surface area contributed by atoms with Crippen molar-refractivity contribution in [2.24, 2.45) is 0 Å². The lowest BCUT2D eigenvalue weighted by atomic mass is 10.2. The number of hydrogen-bond donors (Lipinski definition) is 2. The van der Waals surface area contributed by atoms with Crippen LogP contribution >= 0.6 is 0 Å². The molecule has 2 heterocycles. The molecule has 0 spiro atoms. The van der Waals surface area contributed by atoms with E-state index in [9.17, 15) is 4.79 Å². The Labute approximate surface area is 81.4 Å². The molecular weight excluding hydrogens is 182 g/mol. The van der Waals surface area contributed by atoms with Crippen LogP contribution in [0.5, 0.6) is 0 Å².